The quantitative estimate of drug-likeness (QED) is 0.579. The zero-order valence-corrected chi connectivity index (χ0v) is 14.0. The van der Waals surface area contributed by atoms with Gasteiger partial charge in [-0.05, 0) is 35.8 Å². The molecule has 0 amide bonds. The number of sulfonamides is 1. The molecule has 1 aromatic rings. The predicted octanol–water partition coefficient (Wildman–Crippen LogP) is 2.24. The van der Waals surface area contributed by atoms with E-state index in [0.29, 0.717) is 0 Å². The highest BCUT2D eigenvalue weighted by molar-refractivity contribution is 9.10. The van der Waals surface area contributed by atoms with E-state index in [1.165, 1.54) is 6.07 Å². The fourth-order valence-electron chi connectivity index (χ4n) is 1.68. The Bertz CT molecular complexity index is 664. The fourth-order valence-corrected chi connectivity index (χ4v) is 3.10. The second kappa shape index (κ2) is 6.24. The van der Waals surface area contributed by atoms with Gasteiger partial charge in [0.15, 0.2) is 0 Å². The average molecular weight is 384 g/mol. The first-order valence-corrected chi connectivity index (χ1v) is 8.46. The van der Waals surface area contributed by atoms with Gasteiger partial charge in [-0.25, -0.2) is 17.5 Å². The van der Waals surface area contributed by atoms with E-state index in [0.717, 1.165) is 12.3 Å². The molecule has 0 aliphatic carbocycles. The number of hydrogen-bond donors (Lipinski definition) is 2. The summed E-state index contributed by atoms with van der Waals surface area (Å²) in [5.74, 6) is -0.749. The molecule has 0 aliphatic heterocycles. The number of rotatable bonds is 6. The van der Waals surface area contributed by atoms with Gasteiger partial charge in [-0.3, -0.25) is 10.1 Å². The Labute approximate surface area is 130 Å². The standard InChI is InChI=1S/C11H15BrFN3O4S/c1-11(2,15-21(3,19)20)6-14-9-4-7(12)8(13)5-10(9)16(17)18/h4-5,14-15H,6H2,1-3H3. The van der Waals surface area contributed by atoms with Crippen LogP contribution in [0.15, 0.2) is 16.6 Å². The van der Waals surface area contributed by atoms with E-state index in [4.69, 9.17) is 0 Å². The average Bonchev–Trinajstić information content (AvgIpc) is 2.26. The summed E-state index contributed by atoms with van der Waals surface area (Å²) in [4.78, 5) is 10.2. The molecule has 10 heteroatoms. The molecule has 21 heavy (non-hydrogen) atoms. The molecule has 7 nitrogen and oxygen atoms in total. The van der Waals surface area contributed by atoms with Gasteiger partial charge >= 0.3 is 0 Å². The summed E-state index contributed by atoms with van der Waals surface area (Å²) in [7, 11) is -3.42. The molecule has 0 fully saturated rings. The number of nitro benzene ring substituents is 1. The predicted molar refractivity (Wildman–Crippen MR) is 81.3 cm³/mol. The molecule has 2 N–H and O–H groups in total. The van der Waals surface area contributed by atoms with E-state index in [2.05, 4.69) is 26.0 Å². The first-order valence-electron chi connectivity index (χ1n) is 5.77. The van der Waals surface area contributed by atoms with Crippen molar-refractivity contribution in [2.75, 3.05) is 18.1 Å². The van der Waals surface area contributed by atoms with E-state index in [1.54, 1.807) is 13.8 Å². The van der Waals surface area contributed by atoms with E-state index in [-0.39, 0.29) is 16.7 Å². The Morgan fingerprint density at radius 1 is 1.43 bits per heavy atom. The van der Waals surface area contributed by atoms with Crippen LogP contribution < -0.4 is 10.0 Å². The third-order valence-electron chi connectivity index (χ3n) is 2.42. The number of nitrogens with one attached hydrogen (secondary N) is 2. The zero-order valence-electron chi connectivity index (χ0n) is 11.6. The number of nitrogens with zero attached hydrogens (tertiary/aromatic N) is 1. The summed E-state index contributed by atoms with van der Waals surface area (Å²) in [5.41, 5.74) is -1.20. The van der Waals surface area contributed by atoms with E-state index in [1.807, 2.05) is 0 Å². The Morgan fingerprint density at radius 3 is 2.48 bits per heavy atom. The van der Waals surface area contributed by atoms with E-state index >= 15 is 0 Å². The van der Waals surface area contributed by atoms with Crippen molar-refractivity contribution in [3.05, 3.63) is 32.5 Å². The van der Waals surface area contributed by atoms with Crippen LogP contribution in [0.3, 0.4) is 0 Å². The molecule has 0 heterocycles. The van der Waals surface area contributed by atoms with Crippen LogP contribution in [0.2, 0.25) is 0 Å². The molecule has 118 valence electrons. The smallest absolute Gasteiger partial charge is 0.295 e. The monoisotopic (exact) mass is 383 g/mol. The van der Waals surface area contributed by atoms with Gasteiger partial charge in [-0.15, -0.1) is 0 Å². The Hall–Kier alpha value is -1.26. The van der Waals surface area contributed by atoms with E-state index in [9.17, 15) is 22.9 Å². The molecule has 0 saturated heterocycles. The lowest BCUT2D eigenvalue weighted by atomic mass is 10.1. The second-order valence-electron chi connectivity index (χ2n) is 5.15. The number of halogens is 2. The van der Waals surface area contributed by atoms with Crippen LogP contribution in [0.4, 0.5) is 15.8 Å². The first-order chi connectivity index (χ1) is 9.41. The van der Waals surface area contributed by atoms with Gasteiger partial charge in [0.25, 0.3) is 5.69 Å². The molecule has 0 radical (unpaired) electrons. The zero-order chi connectivity index (χ0) is 16.4. The highest BCUT2D eigenvalue weighted by Gasteiger charge is 2.24. The van der Waals surface area contributed by atoms with Crippen LogP contribution in [0.5, 0.6) is 0 Å². The minimum atomic E-state index is -3.42. The Balaban J connectivity index is 2.98. The first kappa shape index (κ1) is 17.8. The summed E-state index contributed by atoms with van der Waals surface area (Å²) in [5, 5.41) is 13.7. The Kier molecular flexibility index (Phi) is 5.29. The SMILES string of the molecule is CC(C)(CNc1cc(Br)c(F)cc1[N+](=O)[O-])NS(C)(=O)=O. The largest absolute Gasteiger partial charge is 0.378 e. The summed E-state index contributed by atoms with van der Waals surface area (Å²) in [6.45, 7) is 3.32. The molecule has 0 saturated carbocycles. The van der Waals surface area contributed by atoms with Crippen LogP contribution >= 0.6 is 15.9 Å². The highest BCUT2D eigenvalue weighted by atomic mass is 79.9. The minimum absolute atomic E-state index is 0.0736. The molecule has 1 rings (SSSR count). The molecule has 1 aromatic carbocycles. The lowest BCUT2D eigenvalue weighted by Crippen LogP contribution is -2.47. The molecule has 0 spiro atoms. The van der Waals surface area contributed by atoms with Gasteiger partial charge < -0.3 is 5.32 Å². The van der Waals surface area contributed by atoms with Crippen LogP contribution in [0, 0.1) is 15.9 Å². The van der Waals surface area contributed by atoms with Gasteiger partial charge in [0.1, 0.15) is 11.5 Å². The molecule has 0 atom stereocenters. The Morgan fingerprint density at radius 2 is 2.00 bits per heavy atom. The van der Waals surface area contributed by atoms with Gasteiger partial charge in [0.2, 0.25) is 10.0 Å². The van der Waals surface area contributed by atoms with Gasteiger partial charge in [0, 0.05) is 12.1 Å². The van der Waals surface area contributed by atoms with Crippen molar-refractivity contribution in [1.29, 1.82) is 0 Å². The third-order valence-corrected chi connectivity index (χ3v) is 3.95. The molecule has 0 aromatic heterocycles. The van der Waals surface area contributed by atoms with Crippen molar-refractivity contribution in [3.63, 3.8) is 0 Å². The van der Waals surface area contributed by atoms with Crippen molar-refractivity contribution in [2.45, 2.75) is 19.4 Å². The normalized spacial score (nSPS) is 12.2. The highest BCUT2D eigenvalue weighted by Crippen LogP contribution is 2.30. The molecular weight excluding hydrogens is 369 g/mol. The molecule has 0 unspecified atom stereocenters. The molecular formula is C11H15BrFN3O4S. The van der Waals surface area contributed by atoms with Crippen molar-refractivity contribution < 1.29 is 17.7 Å². The summed E-state index contributed by atoms with van der Waals surface area (Å²) < 4.78 is 38.3. The maximum absolute atomic E-state index is 13.3. The van der Waals surface area contributed by atoms with Crippen molar-refractivity contribution in [2.24, 2.45) is 0 Å². The van der Waals surface area contributed by atoms with Crippen molar-refractivity contribution >= 4 is 37.3 Å². The van der Waals surface area contributed by atoms with Crippen LogP contribution in [0.25, 0.3) is 0 Å². The van der Waals surface area contributed by atoms with Crippen molar-refractivity contribution in [3.8, 4) is 0 Å². The molecule has 0 bridgehead atoms. The fraction of sp³-hybridized carbons (Fsp3) is 0.455. The topological polar surface area (TPSA) is 101 Å². The third kappa shape index (κ3) is 5.56. The maximum Gasteiger partial charge on any atom is 0.295 e. The molecule has 0 aliphatic rings. The maximum atomic E-state index is 13.3. The summed E-state index contributed by atoms with van der Waals surface area (Å²) in [6.07, 6.45) is 1.02. The van der Waals surface area contributed by atoms with Crippen molar-refractivity contribution in [1.82, 2.24) is 4.72 Å². The van der Waals surface area contributed by atoms with Gasteiger partial charge in [-0.1, -0.05) is 0 Å². The van der Waals surface area contributed by atoms with Gasteiger partial charge in [0.05, 0.1) is 21.7 Å². The number of benzene rings is 1. The van der Waals surface area contributed by atoms with E-state index < -0.39 is 32.0 Å². The summed E-state index contributed by atoms with van der Waals surface area (Å²) >= 11 is 2.95. The summed E-state index contributed by atoms with van der Waals surface area (Å²) in [6, 6.07) is 2.04. The minimum Gasteiger partial charge on any atom is -0.378 e. The number of hydrogen-bond acceptors (Lipinski definition) is 5. The van der Waals surface area contributed by atoms with Gasteiger partial charge in [-0.2, -0.15) is 0 Å². The lowest BCUT2D eigenvalue weighted by Gasteiger charge is -2.25. The lowest BCUT2D eigenvalue weighted by molar-refractivity contribution is -0.384. The number of nitro groups is 1. The van der Waals surface area contributed by atoms with Crippen LogP contribution in [0.1, 0.15) is 13.8 Å². The number of anilines is 1. The van der Waals surface area contributed by atoms with Crippen LogP contribution in [-0.2, 0) is 10.0 Å². The second-order valence-corrected chi connectivity index (χ2v) is 7.76. The van der Waals surface area contributed by atoms with Crippen LogP contribution in [-0.4, -0.2) is 31.7 Å².